The van der Waals surface area contributed by atoms with Crippen LogP contribution in [0.15, 0.2) is 28.6 Å². The maximum atomic E-state index is 12.7. The maximum Gasteiger partial charge on any atom is 0.270 e. The van der Waals surface area contributed by atoms with E-state index in [0.717, 1.165) is 16.9 Å². The molecule has 0 spiro atoms. The third-order valence-electron chi connectivity index (χ3n) is 3.88. The summed E-state index contributed by atoms with van der Waals surface area (Å²) in [6.07, 6.45) is 0.745. The standard InChI is InChI=1S/C16H20N4O4S2/c1-4-13(21)17-14-18-19-15(25-14)26(22,23)20-11-9-16(2,3)24-12-8-6-5-7-10(11)12/h5-8,11,20H,4,9H2,1-3H3,(H,17,18,21)/t11-/m1/s1. The Morgan fingerprint density at radius 3 is 2.81 bits per heavy atom. The Morgan fingerprint density at radius 1 is 1.35 bits per heavy atom. The van der Waals surface area contributed by atoms with E-state index in [1.807, 2.05) is 38.1 Å². The molecule has 2 N–H and O–H groups in total. The molecule has 1 aromatic carbocycles. The molecule has 1 aliphatic heterocycles. The third kappa shape index (κ3) is 4.02. The minimum absolute atomic E-state index is 0.157. The van der Waals surface area contributed by atoms with Gasteiger partial charge in [0.15, 0.2) is 0 Å². The molecule has 2 aromatic rings. The zero-order chi connectivity index (χ0) is 18.9. The lowest BCUT2D eigenvalue weighted by Gasteiger charge is -2.37. The first-order chi connectivity index (χ1) is 12.2. The lowest BCUT2D eigenvalue weighted by Crippen LogP contribution is -2.41. The fourth-order valence-corrected chi connectivity index (χ4v) is 4.87. The van der Waals surface area contributed by atoms with Gasteiger partial charge in [-0.1, -0.05) is 36.5 Å². The van der Waals surface area contributed by atoms with Gasteiger partial charge in [0.05, 0.1) is 6.04 Å². The van der Waals surface area contributed by atoms with Crippen molar-refractivity contribution in [3.05, 3.63) is 29.8 Å². The Hall–Kier alpha value is -2.04. The van der Waals surface area contributed by atoms with Crippen molar-refractivity contribution in [2.24, 2.45) is 0 Å². The van der Waals surface area contributed by atoms with Crippen molar-refractivity contribution in [2.75, 3.05) is 5.32 Å². The molecule has 0 aliphatic carbocycles. The Bertz CT molecular complexity index is 924. The molecule has 0 saturated heterocycles. The van der Waals surface area contributed by atoms with Crippen LogP contribution in [0.5, 0.6) is 5.75 Å². The summed E-state index contributed by atoms with van der Waals surface area (Å²) in [6, 6.07) is 6.90. The monoisotopic (exact) mass is 396 g/mol. The highest BCUT2D eigenvalue weighted by Crippen LogP contribution is 2.40. The molecule has 140 valence electrons. The van der Waals surface area contributed by atoms with Crippen LogP contribution in [0.25, 0.3) is 0 Å². The van der Waals surface area contributed by atoms with Crippen LogP contribution >= 0.6 is 11.3 Å². The third-order valence-corrected chi connectivity index (χ3v) is 6.56. The Morgan fingerprint density at radius 2 is 2.08 bits per heavy atom. The van der Waals surface area contributed by atoms with E-state index in [1.165, 1.54) is 0 Å². The van der Waals surface area contributed by atoms with Gasteiger partial charge in [-0.25, -0.2) is 13.1 Å². The number of anilines is 1. The molecule has 1 aromatic heterocycles. The van der Waals surface area contributed by atoms with Crippen molar-refractivity contribution in [1.82, 2.24) is 14.9 Å². The number of carbonyl (C=O) groups excluding carboxylic acids is 1. The molecule has 0 fully saturated rings. The second-order valence-electron chi connectivity index (χ2n) is 6.55. The van der Waals surface area contributed by atoms with Crippen LogP contribution in [-0.4, -0.2) is 30.1 Å². The number of sulfonamides is 1. The predicted octanol–water partition coefficient (Wildman–Crippen LogP) is 2.47. The van der Waals surface area contributed by atoms with Crippen molar-refractivity contribution in [1.29, 1.82) is 0 Å². The van der Waals surface area contributed by atoms with E-state index < -0.39 is 21.7 Å². The van der Waals surface area contributed by atoms with Crippen LogP contribution in [0.3, 0.4) is 0 Å². The molecule has 1 aliphatic rings. The minimum atomic E-state index is -3.89. The SMILES string of the molecule is CCC(=O)Nc1nnc(S(=O)(=O)N[C@@H]2CC(C)(C)Oc3ccccc32)s1. The average Bonchev–Trinajstić information content (AvgIpc) is 3.02. The summed E-state index contributed by atoms with van der Waals surface area (Å²) in [7, 11) is -3.89. The molecule has 3 rings (SSSR count). The zero-order valence-corrected chi connectivity index (χ0v) is 16.3. The van der Waals surface area contributed by atoms with Crippen molar-refractivity contribution in [2.45, 2.75) is 49.6 Å². The zero-order valence-electron chi connectivity index (χ0n) is 14.6. The van der Waals surface area contributed by atoms with E-state index in [4.69, 9.17) is 4.74 Å². The van der Waals surface area contributed by atoms with Gasteiger partial charge in [-0.05, 0) is 19.9 Å². The second kappa shape index (κ2) is 6.93. The first-order valence-electron chi connectivity index (χ1n) is 8.14. The Labute approximate surface area is 156 Å². The van der Waals surface area contributed by atoms with Gasteiger partial charge in [-0.2, -0.15) is 0 Å². The van der Waals surface area contributed by atoms with E-state index in [0.29, 0.717) is 12.2 Å². The van der Waals surface area contributed by atoms with Gasteiger partial charge in [0.2, 0.25) is 15.4 Å². The van der Waals surface area contributed by atoms with Gasteiger partial charge in [-0.3, -0.25) is 4.79 Å². The van der Waals surface area contributed by atoms with Gasteiger partial charge >= 0.3 is 0 Å². The van der Waals surface area contributed by atoms with Crippen LogP contribution in [0.2, 0.25) is 0 Å². The summed E-state index contributed by atoms with van der Waals surface area (Å²) < 4.78 is 33.9. The maximum absolute atomic E-state index is 12.7. The number of amides is 1. The van der Waals surface area contributed by atoms with E-state index in [9.17, 15) is 13.2 Å². The number of nitrogens with zero attached hydrogens (tertiary/aromatic N) is 2. The molecular weight excluding hydrogens is 376 g/mol. The van der Waals surface area contributed by atoms with E-state index in [1.54, 1.807) is 6.92 Å². The number of hydrogen-bond acceptors (Lipinski definition) is 7. The van der Waals surface area contributed by atoms with E-state index >= 15 is 0 Å². The molecule has 26 heavy (non-hydrogen) atoms. The highest BCUT2D eigenvalue weighted by molar-refractivity contribution is 7.91. The van der Waals surface area contributed by atoms with E-state index in [-0.39, 0.29) is 21.8 Å². The van der Waals surface area contributed by atoms with Crippen LogP contribution in [0, 0.1) is 0 Å². The number of hydrogen-bond donors (Lipinski definition) is 2. The first-order valence-corrected chi connectivity index (χ1v) is 10.4. The predicted molar refractivity (Wildman–Crippen MR) is 97.7 cm³/mol. The molecule has 8 nitrogen and oxygen atoms in total. The van der Waals surface area contributed by atoms with Crippen LogP contribution in [0.4, 0.5) is 5.13 Å². The number of nitrogens with one attached hydrogen (secondary N) is 2. The molecule has 0 saturated carbocycles. The molecule has 10 heteroatoms. The summed E-state index contributed by atoms with van der Waals surface area (Å²) in [4.78, 5) is 11.4. The summed E-state index contributed by atoms with van der Waals surface area (Å²) in [5.41, 5.74) is 0.266. The van der Waals surface area contributed by atoms with Crippen molar-refractivity contribution in [3.8, 4) is 5.75 Å². The number of para-hydroxylation sites is 1. The van der Waals surface area contributed by atoms with Gasteiger partial charge in [0.1, 0.15) is 11.4 Å². The molecule has 2 heterocycles. The highest BCUT2D eigenvalue weighted by Gasteiger charge is 2.36. The van der Waals surface area contributed by atoms with Gasteiger partial charge in [0.25, 0.3) is 10.0 Å². The van der Waals surface area contributed by atoms with Gasteiger partial charge in [0, 0.05) is 18.4 Å². The molecule has 0 radical (unpaired) electrons. The minimum Gasteiger partial charge on any atom is -0.487 e. The fourth-order valence-electron chi connectivity index (χ4n) is 2.72. The van der Waals surface area contributed by atoms with E-state index in [2.05, 4.69) is 20.2 Å². The smallest absolute Gasteiger partial charge is 0.270 e. The second-order valence-corrected chi connectivity index (χ2v) is 9.42. The average molecular weight is 396 g/mol. The van der Waals surface area contributed by atoms with Crippen molar-refractivity contribution < 1.29 is 17.9 Å². The number of benzene rings is 1. The summed E-state index contributed by atoms with van der Waals surface area (Å²) in [5.74, 6) is 0.405. The lowest BCUT2D eigenvalue weighted by molar-refractivity contribution is -0.115. The molecule has 0 unspecified atom stereocenters. The molecule has 1 amide bonds. The summed E-state index contributed by atoms with van der Waals surface area (Å²) in [6.45, 7) is 5.51. The Balaban J connectivity index is 1.85. The highest BCUT2D eigenvalue weighted by atomic mass is 32.2. The van der Waals surface area contributed by atoms with Crippen molar-refractivity contribution in [3.63, 3.8) is 0 Å². The first kappa shape index (κ1) is 18.7. The number of aromatic nitrogens is 2. The number of rotatable bonds is 5. The van der Waals surface area contributed by atoms with Gasteiger partial charge in [-0.15, -0.1) is 10.2 Å². The quantitative estimate of drug-likeness (QED) is 0.751. The number of carbonyl (C=O) groups is 1. The molecule has 0 bridgehead atoms. The summed E-state index contributed by atoms with van der Waals surface area (Å²) >= 11 is 0.817. The fraction of sp³-hybridized carbons (Fsp3) is 0.438. The van der Waals surface area contributed by atoms with Crippen LogP contribution in [0.1, 0.15) is 45.2 Å². The molecule has 1 atom stereocenters. The normalized spacial score (nSPS) is 18.7. The topological polar surface area (TPSA) is 110 Å². The van der Waals surface area contributed by atoms with Gasteiger partial charge < -0.3 is 10.1 Å². The van der Waals surface area contributed by atoms with Crippen molar-refractivity contribution >= 4 is 32.4 Å². The van der Waals surface area contributed by atoms with Crippen LogP contribution in [-0.2, 0) is 14.8 Å². The number of fused-ring (bicyclic) bond motifs is 1. The molecular formula is C16H20N4O4S2. The lowest BCUT2D eigenvalue weighted by atomic mass is 9.90. The van der Waals surface area contributed by atoms with Crippen LogP contribution < -0.4 is 14.8 Å². The Kier molecular flexibility index (Phi) is 5.00. The number of ether oxygens (including phenoxy) is 1. The summed E-state index contributed by atoms with van der Waals surface area (Å²) in [5, 5.41) is 10.1. The largest absolute Gasteiger partial charge is 0.487 e.